The predicted octanol–water partition coefficient (Wildman–Crippen LogP) is 11.8. The fourth-order valence-electron chi connectivity index (χ4n) is 3.95. The Labute approximate surface area is 257 Å². The molecule has 0 spiro atoms. The monoisotopic (exact) mass is 607 g/mol. The van der Waals surface area contributed by atoms with Gasteiger partial charge in [-0.15, -0.1) is 15.8 Å². The number of aryl methyl sites for hydroxylation is 3. The second-order valence-electron chi connectivity index (χ2n) is 8.28. The van der Waals surface area contributed by atoms with Crippen LogP contribution >= 0.6 is 44.0 Å². The van der Waals surface area contributed by atoms with E-state index in [1.165, 1.54) is 38.9 Å². The topological polar surface area (TPSA) is 12.0 Å². The predicted molar refractivity (Wildman–Crippen MR) is 186 cm³/mol. The lowest BCUT2D eigenvalue weighted by Crippen LogP contribution is -2.01. The minimum Gasteiger partial charge on any atom is -0.388 e. The lowest BCUT2D eigenvalue weighted by Gasteiger charge is -2.18. The molecule has 0 aliphatic rings. The summed E-state index contributed by atoms with van der Waals surface area (Å²) in [6, 6.07) is 14.2. The minimum absolute atomic E-state index is 0.725. The Morgan fingerprint density at radius 2 is 1.31 bits per heavy atom. The molecule has 39 heavy (non-hydrogen) atoms. The average Bonchev–Trinajstić information content (AvgIpc) is 2.93. The summed E-state index contributed by atoms with van der Waals surface area (Å²) in [5.41, 5.74) is 10.2. The van der Waals surface area contributed by atoms with Crippen LogP contribution in [0.3, 0.4) is 0 Å². The van der Waals surface area contributed by atoms with Crippen molar-refractivity contribution in [3.63, 3.8) is 0 Å². The smallest absolute Gasteiger partial charge is 0.0489 e. The van der Waals surface area contributed by atoms with E-state index < -0.39 is 0 Å². The van der Waals surface area contributed by atoms with Gasteiger partial charge in [0.2, 0.25) is 0 Å². The molecular weight excluding hydrogens is 560 g/mol. The van der Waals surface area contributed by atoms with E-state index in [0.29, 0.717) is 0 Å². The van der Waals surface area contributed by atoms with Crippen LogP contribution in [-0.4, -0.2) is 13.2 Å². The summed E-state index contributed by atoms with van der Waals surface area (Å²) in [6.07, 6.45) is 5.54. The third-order valence-corrected chi connectivity index (χ3v) is 6.80. The molecule has 0 bridgehead atoms. The van der Waals surface area contributed by atoms with Gasteiger partial charge in [0.25, 0.3) is 0 Å². The van der Waals surface area contributed by atoms with Crippen LogP contribution < -0.4 is 5.32 Å². The first-order valence-corrected chi connectivity index (χ1v) is 15.7. The van der Waals surface area contributed by atoms with Crippen molar-refractivity contribution in [2.75, 3.05) is 13.2 Å². The Morgan fingerprint density at radius 3 is 1.69 bits per heavy atom. The van der Waals surface area contributed by atoms with Crippen LogP contribution in [0.15, 0.2) is 67.9 Å². The first-order valence-electron chi connectivity index (χ1n) is 13.4. The summed E-state index contributed by atoms with van der Waals surface area (Å²) >= 11 is 18.0. The molecule has 0 aromatic heterocycles. The van der Waals surface area contributed by atoms with Gasteiger partial charge in [-0.25, -0.2) is 0 Å². The molecule has 3 aromatic rings. The Morgan fingerprint density at radius 1 is 0.769 bits per heavy atom. The van der Waals surface area contributed by atoms with Crippen LogP contribution in [0.1, 0.15) is 61.1 Å². The van der Waals surface area contributed by atoms with Crippen molar-refractivity contribution in [2.45, 2.75) is 68.2 Å². The normalized spacial score (nSPS) is 9.15. The first-order chi connectivity index (χ1) is 18.6. The van der Waals surface area contributed by atoms with Gasteiger partial charge in [0, 0.05) is 27.2 Å². The van der Waals surface area contributed by atoms with Crippen LogP contribution in [0, 0.1) is 27.7 Å². The second-order valence-corrected chi connectivity index (χ2v) is 9.50. The Hall–Kier alpha value is -1.76. The van der Waals surface area contributed by atoms with Crippen LogP contribution in [0.4, 0.5) is 0 Å². The van der Waals surface area contributed by atoms with Crippen LogP contribution in [-0.2, 0) is 12.8 Å². The molecule has 3 aromatic carbocycles. The summed E-state index contributed by atoms with van der Waals surface area (Å²) in [4.78, 5) is 0. The summed E-state index contributed by atoms with van der Waals surface area (Å²) in [5, 5.41) is 5.16. The van der Waals surface area contributed by atoms with E-state index in [1.807, 2.05) is 45.6 Å². The molecule has 216 valence electrons. The lowest BCUT2D eigenvalue weighted by molar-refractivity contribution is 0.992. The van der Waals surface area contributed by atoms with Gasteiger partial charge in [0.15, 0.2) is 0 Å². The first kappa shape index (κ1) is 39.4. The summed E-state index contributed by atoms with van der Waals surface area (Å²) in [7, 11) is 2.42. The fraction of sp³-hybridized carbons (Fsp3) is 0.353. The molecule has 1 nitrogen and oxygen atoms in total. The molecule has 0 radical (unpaired) electrons. The van der Waals surface area contributed by atoms with Crippen LogP contribution in [0.5, 0.6) is 0 Å². The van der Waals surface area contributed by atoms with E-state index in [2.05, 4.69) is 86.6 Å². The zero-order valence-electron chi connectivity index (χ0n) is 25.4. The molecule has 0 saturated carbocycles. The van der Waals surface area contributed by atoms with E-state index in [4.69, 9.17) is 34.8 Å². The number of hydrogen-bond acceptors (Lipinski definition) is 1. The zero-order valence-corrected chi connectivity index (χ0v) is 28.9. The molecule has 0 fully saturated rings. The Kier molecular flexibility index (Phi) is 23.2. The molecule has 0 saturated heterocycles. The van der Waals surface area contributed by atoms with Crippen molar-refractivity contribution in [1.29, 1.82) is 0 Å². The van der Waals surface area contributed by atoms with Crippen molar-refractivity contribution < 1.29 is 0 Å². The molecule has 3 rings (SSSR count). The highest BCUT2D eigenvalue weighted by atomic mass is 35.5. The summed E-state index contributed by atoms with van der Waals surface area (Å²) in [6.45, 7) is 26.5. The highest BCUT2D eigenvalue weighted by Crippen LogP contribution is 2.37. The van der Waals surface area contributed by atoms with Crippen molar-refractivity contribution in [2.24, 2.45) is 0 Å². The van der Waals surface area contributed by atoms with E-state index in [0.717, 1.165) is 40.0 Å². The molecule has 1 unspecified atom stereocenters. The van der Waals surface area contributed by atoms with Gasteiger partial charge in [0.05, 0.1) is 0 Å². The van der Waals surface area contributed by atoms with Gasteiger partial charge in [-0.3, -0.25) is 0 Å². The summed E-state index contributed by atoms with van der Waals surface area (Å²) < 4.78 is 0. The van der Waals surface area contributed by atoms with Gasteiger partial charge in [-0.1, -0.05) is 106 Å². The van der Waals surface area contributed by atoms with Gasteiger partial charge < -0.3 is 5.32 Å². The maximum atomic E-state index is 6.53. The van der Waals surface area contributed by atoms with E-state index in [-0.39, 0.29) is 0 Å². The van der Waals surface area contributed by atoms with Gasteiger partial charge in [0.1, 0.15) is 0 Å². The van der Waals surface area contributed by atoms with Crippen LogP contribution in [0.25, 0.3) is 11.1 Å². The lowest BCUT2D eigenvalue weighted by atomic mass is 9.88. The Balaban J connectivity index is 0. The fourth-order valence-corrected chi connectivity index (χ4v) is 4.77. The molecule has 0 aliphatic carbocycles. The number of rotatable bonds is 6. The summed E-state index contributed by atoms with van der Waals surface area (Å²) in [5.74, 6) is 0. The largest absolute Gasteiger partial charge is 0.388 e. The number of nitrogens with one attached hydrogen (secondary N) is 1. The SMILES string of the molecule is C=CCNC=C.CC.CCc1c(C)ccc(-c2c(C)cc(C)cc2Cl)c1CC.CP.Cc1c(Cl)cccc1Cl. The third-order valence-electron chi connectivity index (χ3n) is 5.68. The number of hydrogen-bond donors (Lipinski definition) is 1. The number of halogens is 3. The number of benzene rings is 3. The van der Waals surface area contributed by atoms with E-state index in [9.17, 15) is 0 Å². The second kappa shape index (κ2) is 23.0. The van der Waals surface area contributed by atoms with Gasteiger partial charge in [-0.2, -0.15) is 0 Å². The van der Waals surface area contributed by atoms with Crippen molar-refractivity contribution in [1.82, 2.24) is 5.32 Å². The molecule has 0 heterocycles. The van der Waals surface area contributed by atoms with Crippen molar-refractivity contribution in [3.8, 4) is 11.1 Å². The molecule has 1 atom stereocenters. The zero-order chi connectivity index (χ0) is 30.5. The highest BCUT2D eigenvalue weighted by Gasteiger charge is 2.15. The maximum absolute atomic E-state index is 6.53. The van der Waals surface area contributed by atoms with Crippen LogP contribution in [0.2, 0.25) is 15.1 Å². The quantitative estimate of drug-likeness (QED) is 0.167. The van der Waals surface area contributed by atoms with Crippen molar-refractivity contribution >= 4 is 44.0 Å². The minimum atomic E-state index is 0.725. The maximum Gasteiger partial charge on any atom is 0.0489 e. The molecule has 5 heteroatoms. The standard InChI is InChI=1S/C19H23Cl.C7H6Cl2.C5H9N.C2H6.CH5P/c1-6-15-13(4)8-9-17(16(15)7-2)19-14(5)10-12(3)11-18(19)20;1-5-6(8)3-2-4-7(5)9;1-3-5-6-4-2;2*1-2/h8-11H,6-7H2,1-5H3;2-4H,1H3;3-4,6H,1-2,5H2;1-2H3;2H2,1H3. The van der Waals surface area contributed by atoms with E-state index >= 15 is 0 Å². The van der Waals surface area contributed by atoms with Gasteiger partial charge >= 0.3 is 0 Å². The molecule has 1 N–H and O–H groups in total. The van der Waals surface area contributed by atoms with E-state index in [1.54, 1.807) is 12.3 Å². The average molecular weight is 609 g/mol. The Bertz CT molecular complexity index is 1090. The van der Waals surface area contributed by atoms with Crippen molar-refractivity contribution in [3.05, 3.63) is 116 Å². The molecular formula is C34H49Cl3NP. The highest BCUT2D eigenvalue weighted by molar-refractivity contribution is 7.15. The van der Waals surface area contributed by atoms with Gasteiger partial charge in [-0.05, 0) is 104 Å². The molecule has 0 amide bonds. The molecule has 0 aliphatic heterocycles. The third kappa shape index (κ3) is 13.4.